The van der Waals surface area contributed by atoms with Gasteiger partial charge >= 0.3 is 0 Å². The van der Waals surface area contributed by atoms with Crippen LogP contribution in [-0.4, -0.2) is 0 Å². The minimum Gasteiger partial charge on any atom is -0.488 e. The second-order valence-electron chi connectivity index (χ2n) is 3.14. The first kappa shape index (κ1) is 9.71. The van der Waals surface area contributed by atoms with Gasteiger partial charge in [0.25, 0.3) is 0 Å². The molecular weight excluding hydrogens is 191 g/mol. The maximum absolute atomic E-state index is 12.6. The molecular formula is C13H10FO. The Morgan fingerprint density at radius 1 is 1.07 bits per heavy atom. The maximum Gasteiger partial charge on any atom is 0.127 e. The summed E-state index contributed by atoms with van der Waals surface area (Å²) in [4.78, 5) is 0. The van der Waals surface area contributed by atoms with Gasteiger partial charge in [-0.1, -0.05) is 30.3 Å². The van der Waals surface area contributed by atoms with Gasteiger partial charge in [-0.3, -0.25) is 0 Å². The van der Waals surface area contributed by atoms with Crippen LogP contribution in [0.3, 0.4) is 0 Å². The normalized spacial score (nSPS) is 9.93. The average molecular weight is 201 g/mol. The molecule has 15 heavy (non-hydrogen) atoms. The molecule has 2 rings (SSSR count). The van der Waals surface area contributed by atoms with E-state index in [-0.39, 0.29) is 5.82 Å². The number of halogens is 1. The van der Waals surface area contributed by atoms with Gasteiger partial charge in [-0.15, -0.1) is 0 Å². The molecule has 0 N–H and O–H groups in total. The van der Waals surface area contributed by atoms with Crippen LogP contribution in [0.5, 0.6) is 5.75 Å². The fourth-order valence-corrected chi connectivity index (χ4v) is 1.21. The summed E-state index contributed by atoms with van der Waals surface area (Å²) in [5.41, 5.74) is 0.939. The van der Waals surface area contributed by atoms with Crippen molar-refractivity contribution in [1.82, 2.24) is 0 Å². The quantitative estimate of drug-likeness (QED) is 0.741. The summed E-state index contributed by atoms with van der Waals surface area (Å²) in [5.74, 6) is 0.465. The van der Waals surface area contributed by atoms with Gasteiger partial charge in [-0.2, -0.15) is 0 Å². The Balaban J connectivity index is 1.96. The lowest BCUT2D eigenvalue weighted by atomic mass is 10.2. The van der Waals surface area contributed by atoms with Crippen LogP contribution in [0.25, 0.3) is 0 Å². The molecule has 75 valence electrons. The summed E-state index contributed by atoms with van der Waals surface area (Å²) in [6, 6.07) is 16.6. The Labute approximate surface area is 88.1 Å². The molecule has 1 radical (unpaired) electrons. The summed E-state index contributed by atoms with van der Waals surface area (Å²) in [6.07, 6.45) is 0. The summed E-state index contributed by atoms with van der Waals surface area (Å²) in [6.45, 7) is 0.431. The van der Waals surface area contributed by atoms with E-state index in [9.17, 15) is 4.39 Å². The Morgan fingerprint density at radius 2 is 1.87 bits per heavy atom. The summed E-state index contributed by atoms with van der Waals surface area (Å²) in [7, 11) is 0. The smallest absolute Gasteiger partial charge is 0.127 e. The van der Waals surface area contributed by atoms with Crippen molar-refractivity contribution in [1.29, 1.82) is 0 Å². The first-order valence-electron chi connectivity index (χ1n) is 4.68. The molecule has 2 aromatic carbocycles. The van der Waals surface area contributed by atoms with Crippen molar-refractivity contribution in [3.63, 3.8) is 0 Å². The van der Waals surface area contributed by atoms with E-state index < -0.39 is 0 Å². The number of hydrogen-bond donors (Lipinski definition) is 0. The number of ether oxygens (including phenoxy) is 1. The molecule has 0 saturated heterocycles. The van der Waals surface area contributed by atoms with Crippen LogP contribution in [0.4, 0.5) is 4.39 Å². The molecule has 0 fully saturated rings. The fraction of sp³-hybridized carbons (Fsp3) is 0.0769. The third kappa shape index (κ3) is 2.81. The van der Waals surface area contributed by atoms with Crippen LogP contribution in [0.1, 0.15) is 5.56 Å². The van der Waals surface area contributed by atoms with Crippen LogP contribution in [0.15, 0.2) is 48.5 Å². The van der Waals surface area contributed by atoms with Gasteiger partial charge in [0, 0.05) is 6.07 Å². The molecule has 0 saturated carbocycles. The molecule has 2 aromatic rings. The SMILES string of the molecule is Fc1ccc(COc2[c]cccc2)cc1. The maximum atomic E-state index is 12.6. The third-order valence-corrected chi connectivity index (χ3v) is 1.99. The number of hydrogen-bond acceptors (Lipinski definition) is 1. The van der Waals surface area contributed by atoms with E-state index in [0.717, 1.165) is 5.56 Å². The Morgan fingerprint density at radius 3 is 2.53 bits per heavy atom. The highest BCUT2D eigenvalue weighted by Gasteiger charge is 1.95. The largest absolute Gasteiger partial charge is 0.488 e. The molecule has 0 amide bonds. The zero-order valence-electron chi connectivity index (χ0n) is 8.11. The molecule has 0 aromatic heterocycles. The topological polar surface area (TPSA) is 9.23 Å². The zero-order valence-corrected chi connectivity index (χ0v) is 8.11. The standard InChI is InChI=1S/C13H10FO/c14-12-8-6-11(7-9-12)10-15-13-4-2-1-3-5-13/h1-4,6-9H,10H2. The van der Waals surface area contributed by atoms with Crippen molar-refractivity contribution in [2.45, 2.75) is 6.61 Å². The number of benzene rings is 2. The second kappa shape index (κ2) is 4.60. The van der Waals surface area contributed by atoms with Crippen LogP contribution in [0, 0.1) is 11.9 Å². The Bertz CT molecular complexity index is 408. The molecule has 0 bridgehead atoms. The van der Waals surface area contributed by atoms with Crippen molar-refractivity contribution in [2.75, 3.05) is 0 Å². The molecule has 1 nitrogen and oxygen atoms in total. The highest BCUT2D eigenvalue weighted by Crippen LogP contribution is 2.11. The lowest BCUT2D eigenvalue weighted by Crippen LogP contribution is -1.95. The minimum atomic E-state index is -0.231. The highest BCUT2D eigenvalue weighted by molar-refractivity contribution is 5.21. The van der Waals surface area contributed by atoms with Gasteiger partial charge in [0.05, 0.1) is 0 Å². The van der Waals surface area contributed by atoms with Crippen LogP contribution in [0.2, 0.25) is 0 Å². The first-order valence-corrected chi connectivity index (χ1v) is 4.68. The summed E-state index contributed by atoms with van der Waals surface area (Å²) >= 11 is 0. The number of para-hydroxylation sites is 1. The van der Waals surface area contributed by atoms with E-state index in [0.29, 0.717) is 12.4 Å². The molecule has 0 aliphatic carbocycles. The van der Waals surface area contributed by atoms with Crippen molar-refractivity contribution in [3.8, 4) is 5.75 Å². The van der Waals surface area contributed by atoms with Crippen molar-refractivity contribution >= 4 is 0 Å². The summed E-state index contributed by atoms with van der Waals surface area (Å²) in [5, 5.41) is 0. The van der Waals surface area contributed by atoms with Gasteiger partial charge < -0.3 is 4.74 Å². The second-order valence-corrected chi connectivity index (χ2v) is 3.14. The van der Waals surface area contributed by atoms with Gasteiger partial charge in [-0.25, -0.2) is 4.39 Å². The van der Waals surface area contributed by atoms with Crippen molar-refractivity contribution in [3.05, 3.63) is 66.0 Å². The van der Waals surface area contributed by atoms with E-state index in [1.807, 2.05) is 18.2 Å². The average Bonchev–Trinajstić information content (AvgIpc) is 2.30. The molecule has 0 aliphatic rings. The highest BCUT2D eigenvalue weighted by atomic mass is 19.1. The van der Waals surface area contributed by atoms with Crippen LogP contribution >= 0.6 is 0 Å². The molecule has 0 heterocycles. The van der Waals surface area contributed by atoms with Gasteiger partial charge in [0.2, 0.25) is 0 Å². The monoisotopic (exact) mass is 201 g/mol. The van der Waals surface area contributed by atoms with Crippen LogP contribution in [-0.2, 0) is 6.61 Å². The zero-order chi connectivity index (χ0) is 10.5. The van der Waals surface area contributed by atoms with Crippen molar-refractivity contribution < 1.29 is 9.13 Å². The molecule has 0 unspecified atom stereocenters. The van der Waals surface area contributed by atoms with E-state index in [2.05, 4.69) is 6.07 Å². The molecule has 2 heteroatoms. The van der Waals surface area contributed by atoms with Crippen LogP contribution < -0.4 is 4.74 Å². The van der Waals surface area contributed by atoms with E-state index >= 15 is 0 Å². The lowest BCUT2D eigenvalue weighted by molar-refractivity contribution is 0.305. The van der Waals surface area contributed by atoms with Crippen molar-refractivity contribution in [2.24, 2.45) is 0 Å². The predicted molar refractivity (Wildman–Crippen MR) is 56.0 cm³/mol. The molecule has 0 spiro atoms. The number of rotatable bonds is 3. The Kier molecular flexibility index (Phi) is 2.98. The molecule has 0 atom stereocenters. The van der Waals surface area contributed by atoms with Gasteiger partial charge in [0.15, 0.2) is 0 Å². The fourth-order valence-electron chi connectivity index (χ4n) is 1.21. The third-order valence-electron chi connectivity index (χ3n) is 1.99. The van der Waals surface area contributed by atoms with E-state index in [4.69, 9.17) is 4.74 Å². The van der Waals surface area contributed by atoms with Gasteiger partial charge in [-0.05, 0) is 23.8 Å². The predicted octanol–water partition coefficient (Wildman–Crippen LogP) is 3.20. The molecule has 0 aliphatic heterocycles. The first-order chi connectivity index (χ1) is 7.34. The summed E-state index contributed by atoms with van der Waals surface area (Å²) < 4.78 is 18.1. The van der Waals surface area contributed by atoms with Gasteiger partial charge in [0.1, 0.15) is 18.2 Å². The minimum absolute atomic E-state index is 0.231. The van der Waals surface area contributed by atoms with E-state index in [1.54, 1.807) is 18.2 Å². The lowest BCUT2D eigenvalue weighted by Gasteiger charge is -2.05. The van der Waals surface area contributed by atoms with E-state index in [1.165, 1.54) is 12.1 Å². The Hall–Kier alpha value is -1.83.